The Morgan fingerprint density at radius 3 is 1.60 bits per heavy atom. The Kier molecular flexibility index (Phi) is 6.27. The number of benzene rings is 9. The summed E-state index contributed by atoms with van der Waals surface area (Å²) in [6, 6.07) is 63.5. The van der Waals surface area contributed by atoms with Gasteiger partial charge in [-0.1, -0.05) is 153 Å². The van der Waals surface area contributed by atoms with Gasteiger partial charge in [-0.05, 0) is 118 Å². The van der Waals surface area contributed by atoms with Crippen LogP contribution in [0.25, 0.3) is 97.0 Å². The van der Waals surface area contributed by atoms with Crippen molar-refractivity contribution in [1.29, 1.82) is 0 Å². The Bertz CT molecular complexity index is 3030. The Balaban J connectivity index is 1.02. The van der Waals surface area contributed by atoms with E-state index in [1.54, 1.807) is 0 Å². The van der Waals surface area contributed by atoms with E-state index in [1.807, 2.05) is 11.3 Å². The van der Waals surface area contributed by atoms with Crippen molar-refractivity contribution in [2.75, 3.05) is 0 Å². The van der Waals surface area contributed by atoms with E-state index in [1.165, 1.54) is 108 Å². The average molecular weight is 679 g/mol. The van der Waals surface area contributed by atoms with E-state index >= 15 is 0 Å². The molecule has 0 unspecified atom stereocenters. The quantitative estimate of drug-likeness (QED) is 0.163. The van der Waals surface area contributed by atoms with Crippen LogP contribution in [0.15, 0.2) is 170 Å². The molecule has 1 aromatic heterocycles. The molecule has 0 atom stereocenters. The highest BCUT2D eigenvalue weighted by Crippen LogP contribution is 2.52. The first-order chi connectivity index (χ1) is 25.5. The highest BCUT2D eigenvalue weighted by Gasteiger charge is 2.36. The molecule has 0 fully saturated rings. The van der Waals surface area contributed by atoms with Crippen LogP contribution in [0.4, 0.5) is 0 Å². The first-order valence-electron chi connectivity index (χ1n) is 18.2. The number of hydrogen-bond acceptors (Lipinski definition) is 1. The van der Waals surface area contributed by atoms with Gasteiger partial charge in [-0.15, -0.1) is 11.3 Å². The lowest BCUT2D eigenvalue weighted by molar-refractivity contribution is 0.661. The van der Waals surface area contributed by atoms with E-state index in [0.29, 0.717) is 0 Å². The predicted octanol–water partition coefficient (Wildman–Crippen LogP) is 14.8. The van der Waals surface area contributed by atoms with Crippen molar-refractivity contribution in [1.82, 2.24) is 0 Å². The lowest BCUT2D eigenvalue weighted by Crippen LogP contribution is -2.15. The normalized spacial score (nSPS) is 13.3. The van der Waals surface area contributed by atoms with Gasteiger partial charge >= 0.3 is 0 Å². The maximum atomic E-state index is 2.47. The minimum atomic E-state index is -0.0809. The van der Waals surface area contributed by atoms with Crippen LogP contribution < -0.4 is 0 Å². The topological polar surface area (TPSA) is 0 Å². The first-order valence-corrected chi connectivity index (χ1v) is 19.0. The van der Waals surface area contributed by atoms with Crippen LogP contribution in [0.2, 0.25) is 0 Å². The van der Waals surface area contributed by atoms with Gasteiger partial charge in [0.2, 0.25) is 0 Å². The maximum absolute atomic E-state index is 2.47. The number of thiophene rings is 1. The van der Waals surface area contributed by atoms with E-state index in [2.05, 4.69) is 184 Å². The summed E-state index contributed by atoms with van der Waals surface area (Å²) in [7, 11) is 0. The molecule has 0 spiro atoms. The zero-order valence-corrected chi connectivity index (χ0v) is 29.9. The molecule has 11 rings (SSSR count). The molecule has 10 aromatic rings. The summed E-state index contributed by atoms with van der Waals surface area (Å²) in [5.74, 6) is 0. The van der Waals surface area contributed by atoms with Crippen LogP contribution in [-0.2, 0) is 5.41 Å². The molecule has 0 bridgehead atoms. The largest absolute Gasteiger partial charge is 0.135 e. The average Bonchev–Trinajstić information content (AvgIpc) is 3.66. The molecule has 1 aliphatic carbocycles. The smallest absolute Gasteiger partial charge is 0.0361 e. The highest BCUT2D eigenvalue weighted by molar-refractivity contribution is 7.25. The zero-order valence-electron chi connectivity index (χ0n) is 29.1. The van der Waals surface area contributed by atoms with Gasteiger partial charge in [0, 0.05) is 25.6 Å². The highest BCUT2D eigenvalue weighted by atomic mass is 32.1. The molecule has 0 saturated carbocycles. The first kappa shape index (κ1) is 29.7. The Hall–Kier alpha value is -6.02. The number of rotatable bonds is 3. The third-order valence-electron chi connectivity index (χ3n) is 11.6. The minimum Gasteiger partial charge on any atom is -0.135 e. The van der Waals surface area contributed by atoms with Gasteiger partial charge in [-0.3, -0.25) is 0 Å². The van der Waals surface area contributed by atoms with Crippen molar-refractivity contribution in [3.8, 4) is 44.5 Å². The fraction of sp³-hybridized carbons (Fsp3) is 0.0588. The van der Waals surface area contributed by atoms with Crippen LogP contribution >= 0.6 is 11.3 Å². The second-order valence-electron chi connectivity index (χ2n) is 14.9. The Morgan fingerprint density at radius 1 is 0.346 bits per heavy atom. The minimum absolute atomic E-state index is 0.0809. The standard InChI is InChI=1S/C51H34S/c1-51(2)45-28-35(25-26-37(45)43-30-48-44(29-46(43)51)38-13-9-10-18-47(38)52-48)32-19-22-33(23-20-32)49-39-14-5-7-16-41(39)50(42-17-8-6-15-40(42)49)36-24-21-31-11-3-4-12-34(31)27-36/h3-30H,1-2H3. The molecular formula is C51H34S. The van der Waals surface area contributed by atoms with Crippen molar-refractivity contribution in [2.24, 2.45) is 0 Å². The van der Waals surface area contributed by atoms with Crippen LogP contribution in [0.5, 0.6) is 0 Å². The molecular weight excluding hydrogens is 645 g/mol. The van der Waals surface area contributed by atoms with Crippen molar-refractivity contribution in [3.63, 3.8) is 0 Å². The van der Waals surface area contributed by atoms with Crippen LogP contribution in [-0.4, -0.2) is 0 Å². The third-order valence-corrected chi connectivity index (χ3v) is 12.8. The van der Waals surface area contributed by atoms with Gasteiger partial charge in [0.1, 0.15) is 0 Å². The van der Waals surface area contributed by atoms with Crippen LogP contribution in [0.3, 0.4) is 0 Å². The second kappa shape index (κ2) is 11.0. The van der Waals surface area contributed by atoms with Crippen LogP contribution in [0.1, 0.15) is 25.0 Å². The molecule has 0 nitrogen and oxygen atoms in total. The molecule has 0 saturated heterocycles. The van der Waals surface area contributed by atoms with Gasteiger partial charge in [-0.25, -0.2) is 0 Å². The predicted molar refractivity (Wildman–Crippen MR) is 226 cm³/mol. The van der Waals surface area contributed by atoms with Crippen molar-refractivity contribution in [2.45, 2.75) is 19.3 Å². The van der Waals surface area contributed by atoms with Gasteiger partial charge in [0.05, 0.1) is 0 Å². The summed E-state index contributed by atoms with van der Waals surface area (Å²) in [6.45, 7) is 4.78. The molecule has 0 amide bonds. The molecule has 0 N–H and O–H groups in total. The fourth-order valence-corrected chi connectivity index (χ4v) is 10.2. The third kappa shape index (κ3) is 4.27. The lowest BCUT2D eigenvalue weighted by Gasteiger charge is -2.22. The Labute approximate surface area is 307 Å². The fourth-order valence-electron chi connectivity index (χ4n) is 9.06. The lowest BCUT2D eigenvalue weighted by atomic mass is 9.81. The molecule has 244 valence electrons. The summed E-state index contributed by atoms with van der Waals surface area (Å²) in [6.07, 6.45) is 0. The van der Waals surface area contributed by atoms with E-state index in [9.17, 15) is 0 Å². The molecule has 1 heteroatoms. The van der Waals surface area contributed by atoms with Gasteiger partial charge < -0.3 is 0 Å². The van der Waals surface area contributed by atoms with Crippen molar-refractivity contribution in [3.05, 3.63) is 181 Å². The second-order valence-corrected chi connectivity index (χ2v) is 15.9. The van der Waals surface area contributed by atoms with E-state index in [0.717, 1.165) is 0 Å². The molecule has 52 heavy (non-hydrogen) atoms. The van der Waals surface area contributed by atoms with Gasteiger partial charge in [0.15, 0.2) is 0 Å². The summed E-state index contributed by atoms with van der Waals surface area (Å²) in [5, 5.41) is 10.4. The van der Waals surface area contributed by atoms with Gasteiger partial charge in [-0.2, -0.15) is 0 Å². The summed E-state index contributed by atoms with van der Waals surface area (Å²) < 4.78 is 2.73. The zero-order chi connectivity index (χ0) is 34.6. The number of hydrogen-bond donors (Lipinski definition) is 0. The van der Waals surface area contributed by atoms with Crippen LogP contribution in [0, 0.1) is 0 Å². The van der Waals surface area contributed by atoms with E-state index in [4.69, 9.17) is 0 Å². The molecule has 1 aliphatic rings. The van der Waals surface area contributed by atoms with Gasteiger partial charge in [0.25, 0.3) is 0 Å². The summed E-state index contributed by atoms with van der Waals surface area (Å²) >= 11 is 1.90. The molecule has 9 aromatic carbocycles. The molecule has 0 radical (unpaired) electrons. The van der Waals surface area contributed by atoms with Crippen molar-refractivity contribution < 1.29 is 0 Å². The Morgan fingerprint density at radius 2 is 0.885 bits per heavy atom. The number of fused-ring (bicyclic) bond motifs is 9. The molecule has 0 aliphatic heterocycles. The monoisotopic (exact) mass is 678 g/mol. The maximum Gasteiger partial charge on any atom is 0.0361 e. The molecule has 1 heterocycles. The summed E-state index contributed by atoms with van der Waals surface area (Å²) in [4.78, 5) is 0. The van der Waals surface area contributed by atoms with E-state index in [-0.39, 0.29) is 5.41 Å². The SMILES string of the molecule is CC1(C)c2cc(-c3ccc(-c4c5ccccc5c(-c5ccc6ccccc6c5)c5ccccc45)cc3)ccc2-c2cc3sc4ccccc4c3cc21. The van der Waals surface area contributed by atoms with Crippen molar-refractivity contribution >= 4 is 63.8 Å². The summed E-state index contributed by atoms with van der Waals surface area (Å²) in [5.41, 5.74) is 13.1. The van der Waals surface area contributed by atoms with E-state index < -0.39 is 0 Å².